The summed E-state index contributed by atoms with van der Waals surface area (Å²) in [5.41, 5.74) is 0.358. The Morgan fingerprint density at radius 3 is 2.51 bits per heavy atom. The lowest BCUT2D eigenvalue weighted by molar-refractivity contribution is -0.141. The molecule has 0 spiro atoms. The molecule has 184 valence electrons. The molecule has 0 aliphatic carbocycles. The average molecular weight is 504 g/mol. The number of imide groups is 1. The molecule has 0 saturated carbocycles. The third-order valence-electron chi connectivity index (χ3n) is 5.25. The van der Waals surface area contributed by atoms with Crippen LogP contribution in [-0.2, 0) is 19.9 Å². The van der Waals surface area contributed by atoms with Gasteiger partial charge in [-0.25, -0.2) is 23.8 Å². The van der Waals surface area contributed by atoms with Crippen LogP contribution >= 0.6 is 0 Å². The Hall–Kier alpha value is -4.24. The minimum atomic E-state index is -4.72. The number of hydrazone groups is 1. The van der Waals surface area contributed by atoms with Crippen LogP contribution in [0.2, 0.25) is 0 Å². The van der Waals surface area contributed by atoms with Gasteiger partial charge in [0, 0.05) is 0 Å². The quantitative estimate of drug-likeness (QED) is 0.266. The molecule has 35 heavy (non-hydrogen) atoms. The summed E-state index contributed by atoms with van der Waals surface area (Å²) in [6, 6.07) is 7.27. The fourth-order valence-corrected chi connectivity index (χ4v) is 4.12. The van der Waals surface area contributed by atoms with Crippen molar-refractivity contribution in [1.82, 2.24) is 24.8 Å². The summed E-state index contributed by atoms with van der Waals surface area (Å²) in [6.07, 6.45) is 2.77. The number of rotatable bonds is 7. The summed E-state index contributed by atoms with van der Waals surface area (Å²) in [5.74, 6) is -1.41. The molecule has 4 rings (SSSR count). The highest BCUT2D eigenvalue weighted by Gasteiger charge is 2.45. The normalized spacial score (nSPS) is 19.1. The molecule has 1 aromatic carbocycles. The molecule has 2 aromatic rings. The van der Waals surface area contributed by atoms with Crippen molar-refractivity contribution in [3.05, 3.63) is 60.1 Å². The van der Waals surface area contributed by atoms with Crippen LogP contribution < -0.4 is 10.6 Å². The Balaban J connectivity index is 1.43. The Bertz CT molecular complexity index is 1260. The highest BCUT2D eigenvalue weighted by Crippen LogP contribution is 2.19. The first-order valence-corrected chi connectivity index (χ1v) is 11.7. The molecular formula is C20H20N6O8S. The third-order valence-corrected chi connectivity index (χ3v) is 6.14. The van der Waals surface area contributed by atoms with Gasteiger partial charge in [-0.15, -0.1) is 0 Å². The van der Waals surface area contributed by atoms with Gasteiger partial charge < -0.3 is 15.1 Å². The number of nitrogens with one attached hydrogen (secondary N) is 2. The van der Waals surface area contributed by atoms with Gasteiger partial charge in [0.15, 0.2) is 0 Å². The summed E-state index contributed by atoms with van der Waals surface area (Å²) in [5, 5.41) is 9.88. The zero-order chi connectivity index (χ0) is 25.2. The van der Waals surface area contributed by atoms with Crippen LogP contribution in [-0.4, -0.2) is 83.0 Å². The molecule has 3 N–H and O–H groups in total. The first-order valence-electron chi connectivity index (χ1n) is 10.3. The van der Waals surface area contributed by atoms with Gasteiger partial charge in [0.05, 0.1) is 32.1 Å². The SMILES string of the molecule is O=C(NC1CN(S(=O)(=O)O)C1=O)C(NC(=O)N1CCN(N=Cc2ccco2)C1=O)c1ccccc1. The Morgan fingerprint density at radius 2 is 1.89 bits per heavy atom. The van der Waals surface area contributed by atoms with Crippen LogP contribution in [0.4, 0.5) is 9.59 Å². The van der Waals surface area contributed by atoms with Gasteiger partial charge in [-0.1, -0.05) is 30.3 Å². The van der Waals surface area contributed by atoms with Gasteiger partial charge in [-0.05, 0) is 17.7 Å². The summed E-state index contributed by atoms with van der Waals surface area (Å²) in [7, 11) is -4.72. The molecule has 2 unspecified atom stereocenters. The monoisotopic (exact) mass is 504 g/mol. The van der Waals surface area contributed by atoms with Crippen molar-refractivity contribution in [2.24, 2.45) is 5.10 Å². The van der Waals surface area contributed by atoms with E-state index in [-0.39, 0.29) is 17.4 Å². The maximum absolute atomic E-state index is 12.9. The first kappa shape index (κ1) is 23.9. The molecule has 2 fully saturated rings. The lowest BCUT2D eigenvalue weighted by atomic mass is 10.0. The van der Waals surface area contributed by atoms with E-state index < -0.39 is 52.8 Å². The van der Waals surface area contributed by atoms with E-state index in [1.54, 1.807) is 42.5 Å². The van der Waals surface area contributed by atoms with Gasteiger partial charge in [-0.3, -0.25) is 14.1 Å². The second-order valence-electron chi connectivity index (χ2n) is 7.52. The summed E-state index contributed by atoms with van der Waals surface area (Å²) in [6.45, 7) is -0.326. The minimum Gasteiger partial charge on any atom is -0.463 e. The standard InChI is InChI=1S/C20H20N6O8S/c27-17(22-15-12-26(18(15)28)35(31,32)33)16(13-5-2-1-3-6-13)23-19(29)24-8-9-25(20(24)30)21-11-14-7-4-10-34-14/h1-7,10-11,15-16H,8-9,12H2,(H,22,27)(H,23,29)(H,31,32,33). The molecule has 2 atom stereocenters. The number of urea groups is 2. The van der Waals surface area contributed by atoms with E-state index in [0.717, 1.165) is 9.91 Å². The van der Waals surface area contributed by atoms with Gasteiger partial charge in [-0.2, -0.15) is 13.5 Å². The van der Waals surface area contributed by atoms with Crippen LogP contribution in [0.5, 0.6) is 0 Å². The van der Waals surface area contributed by atoms with E-state index >= 15 is 0 Å². The van der Waals surface area contributed by atoms with Crippen LogP contribution in [0.1, 0.15) is 17.4 Å². The van der Waals surface area contributed by atoms with Crippen LogP contribution in [0, 0.1) is 0 Å². The number of hydrogen-bond donors (Lipinski definition) is 3. The second-order valence-corrected chi connectivity index (χ2v) is 8.86. The molecule has 2 aliphatic heterocycles. The number of nitrogens with zero attached hydrogens (tertiary/aromatic N) is 4. The van der Waals surface area contributed by atoms with Gasteiger partial charge in [0.2, 0.25) is 5.91 Å². The van der Waals surface area contributed by atoms with Gasteiger partial charge >= 0.3 is 22.4 Å². The highest BCUT2D eigenvalue weighted by atomic mass is 32.2. The number of hydrogen-bond acceptors (Lipinski definition) is 8. The molecule has 0 radical (unpaired) electrons. The fourth-order valence-electron chi connectivity index (χ4n) is 3.42. The van der Waals surface area contributed by atoms with Crippen molar-refractivity contribution in [3.8, 4) is 0 Å². The number of β-lactam (4-membered cyclic amide) rings is 1. The first-order chi connectivity index (χ1) is 16.6. The van der Waals surface area contributed by atoms with Crippen molar-refractivity contribution in [3.63, 3.8) is 0 Å². The summed E-state index contributed by atoms with van der Waals surface area (Å²) < 4.78 is 36.5. The summed E-state index contributed by atoms with van der Waals surface area (Å²) >= 11 is 0. The van der Waals surface area contributed by atoms with E-state index in [4.69, 9.17) is 8.97 Å². The van der Waals surface area contributed by atoms with E-state index in [9.17, 15) is 27.6 Å². The number of amides is 6. The molecule has 2 saturated heterocycles. The maximum Gasteiger partial charge on any atom is 0.362 e. The van der Waals surface area contributed by atoms with Crippen molar-refractivity contribution < 1.29 is 36.6 Å². The molecule has 6 amide bonds. The van der Waals surface area contributed by atoms with E-state index in [2.05, 4.69) is 15.7 Å². The maximum atomic E-state index is 12.9. The number of carbonyl (C=O) groups excluding carboxylic acids is 4. The third kappa shape index (κ3) is 5.15. The molecule has 2 aliphatic rings. The number of furan rings is 1. The topological polar surface area (TPSA) is 182 Å². The number of carbonyl (C=O) groups is 4. The number of benzene rings is 1. The molecule has 1 aromatic heterocycles. The largest absolute Gasteiger partial charge is 0.463 e. The smallest absolute Gasteiger partial charge is 0.362 e. The van der Waals surface area contributed by atoms with Crippen LogP contribution in [0.15, 0.2) is 58.2 Å². The van der Waals surface area contributed by atoms with Crippen molar-refractivity contribution in [2.45, 2.75) is 12.1 Å². The predicted octanol–water partition coefficient (Wildman–Crippen LogP) is -0.0682. The predicted molar refractivity (Wildman–Crippen MR) is 118 cm³/mol. The lowest BCUT2D eigenvalue weighted by Gasteiger charge is -2.36. The van der Waals surface area contributed by atoms with Crippen molar-refractivity contribution >= 4 is 40.4 Å². The van der Waals surface area contributed by atoms with Crippen LogP contribution in [0.25, 0.3) is 0 Å². The van der Waals surface area contributed by atoms with E-state index in [1.807, 2.05) is 0 Å². The Morgan fingerprint density at radius 1 is 1.14 bits per heavy atom. The van der Waals surface area contributed by atoms with Crippen molar-refractivity contribution in [2.75, 3.05) is 19.6 Å². The Labute approximate surface area is 199 Å². The zero-order valence-corrected chi connectivity index (χ0v) is 18.8. The van der Waals surface area contributed by atoms with E-state index in [1.165, 1.54) is 12.5 Å². The highest BCUT2D eigenvalue weighted by molar-refractivity contribution is 7.84. The minimum absolute atomic E-state index is 0.00766. The lowest BCUT2D eigenvalue weighted by Crippen LogP contribution is -2.66. The molecule has 3 heterocycles. The molecule has 0 bridgehead atoms. The van der Waals surface area contributed by atoms with Gasteiger partial charge in [0.1, 0.15) is 17.8 Å². The molecular weight excluding hydrogens is 484 g/mol. The Kier molecular flexibility index (Phi) is 6.52. The molecule has 15 heteroatoms. The fraction of sp³-hybridized carbons (Fsp3) is 0.250. The average Bonchev–Trinajstić information content (AvgIpc) is 3.47. The molecule has 14 nitrogen and oxygen atoms in total. The van der Waals surface area contributed by atoms with Gasteiger partial charge in [0.25, 0.3) is 5.91 Å². The second kappa shape index (κ2) is 9.55. The van der Waals surface area contributed by atoms with E-state index in [0.29, 0.717) is 11.3 Å². The zero-order valence-electron chi connectivity index (χ0n) is 18.0. The van der Waals surface area contributed by atoms with Crippen molar-refractivity contribution in [1.29, 1.82) is 0 Å². The summed E-state index contributed by atoms with van der Waals surface area (Å²) in [4.78, 5) is 51.2. The van der Waals surface area contributed by atoms with Crippen LogP contribution in [0.3, 0.4) is 0 Å².